The molecule has 2 rings (SSSR count). The number of rotatable bonds is 10. The first-order valence-corrected chi connectivity index (χ1v) is 12.1. The molecule has 0 bridgehead atoms. The highest BCUT2D eigenvalue weighted by atomic mass is 32.2. The van der Waals surface area contributed by atoms with Crippen molar-refractivity contribution in [1.82, 2.24) is 9.80 Å². The lowest BCUT2D eigenvalue weighted by atomic mass is 10.0. The molecule has 1 fully saturated rings. The molecule has 0 N–H and O–H groups in total. The highest BCUT2D eigenvalue weighted by Crippen LogP contribution is 2.34. The Morgan fingerprint density at radius 3 is 2.39 bits per heavy atom. The second kappa shape index (κ2) is 12.2. The molecule has 1 aliphatic heterocycles. The minimum absolute atomic E-state index is 0.0545. The SMILES string of the molecule is C=CCOC(=O)N(C)CC=Cc1ccc([C@H]2C[C@@H](OS(C)(=O)=O)CN2C(=O)OCC=C)cc1. The van der Waals surface area contributed by atoms with Gasteiger partial charge in [-0.3, -0.25) is 9.08 Å². The Balaban J connectivity index is 2.07. The number of carbonyl (C=O) groups is 2. The minimum atomic E-state index is -3.66. The Bertz CT molecular complexity index is 973. The molecule has 0 aliphatic carbocycles. The van der Waals surface area contributed by atoms with Crippen LogP contribution in [-0.4, -0.2) is 76.1 Å². The van der Waals surface area contributed by atoms with E-state index in [1.165, 1.54) is 22.0 Å². The van der Waals surface area contributed by atoms with Crippen LogP contribution in [0.15, 0.2) is 55.7 Å². The normalized spacial score (nSPS) is 18.2. The molecule has 1 aromatic carbocycles. The van der Waals surface area contributed by atoms with E-state index in [2.05, 4.69) is 13.2 Å². The van der Waals surface area contributed by atoms with Gasteiger partial charge in [0.25, 0.3) is 10.1 Å². The van der Waals surface area contributed by atoms with Crippen LogP contribution in [-0.2, 0) is 23.8 Å². The van der Waals surface area contributed by atoms with Crippen molar-refractivity contribution in [1.29, 1.82) is 0 Å². The van der Waals surface area contributed by atoms with Gasteiger partial charge in [-0.05, 0) is 11.1 Å². The van der Waals surface area contributed by atoms with Gasteiger partial charge in [0, 0.05) is 20.0 Å². The lowest BCUT2D eigenvalue weighted by Crippen LogP contribution is -2.33. The Hall–Kier alpha value is -3.11. The lowest BCUT2D eigenvalue weighted by molar-refractivity contribution is 0.104. The third kappa shape index (κ3) is 8.39. The number of benzene rings is 1. The van der Waals surface area contributed by atoms with Crippen LogP contribution in [0.25, 0.3) is 6.08 Å². The largest absolute Gasteiger partial charge is 0.445 e. The fourth-order valence-corrected chi connectivity index (χ4v) is 3.97. The molecular formula is C23H30N2O7S. The lowest BCUT2D eigenvalue weighted by Gasteiger charge is -2.23. The van der Waals surface area contributed by atoms with Gasteiger partial charge < -0.3 is 14.4 Å². The Kier molecular flexibility index (Phi) is 9.68. The van der Waals surface area contributed by atoms with Crippen LogP contribution in [0, 0.1) is 0 Å². The average molecular weight is 479 g/mol. The highest BCUT2D eigenvalue weighted by molar-refractivity contribution is 7.86. The molecule has 0 unspecified atom stereocenters. The molecule has 0 aromatic heterocycles. The molecule has 10 heteroatoms. The summed E-state index contributed by atoms with van der Waals surface area (Å²) in [5.41, 5.74) is 1.72. The van der Waals surface area contributed by atoms with Crippen LogP contribution in [0.5, 0.6) is 0 Å². The molecule has 9 nitrogen and oxygen atoms in total. The summed E-state index contributed by atoms with van der Waals surface area (Å²) in [7, 11) is -2.03. The number of hydrogen-bond acceptors (Lipinski definition) is 7. The molecule has 2 atom stereocenters. The van der Waals surface area contributed by atoms with Crippen molar-refractivity contribution in [2.75, 3.05) is 39.6 Å². The summed E-state index contributed by atoms with van der Waals surface area (Å²) in [6.45, 7) is 7.71. The van der Waals surface area contributed by atoms with Crippen LogP contribution in [0.4, 0.5) is 9.59 Å². The summed E-state index contributed by atoms with van der Waals surface area (Å²) < 4.78 is 38.3. The maximum Gasteiger partial charge on any atom is 0.410 e. The zero-order valence-corrected chi connectivity index (χ0v) is 19.7. The zero-order chi connectivity index (χ0) is 24.4. The van der Waals surface area contributed by atoms with E-state index in [1.807, 2.05) is 36.4 Å². The monoisotopic (exact) mass is 478 g/mol. The highest BCUT2D eigenvalue weighted by Gasteiger charge is 2.39. The van der Waals surface area contributed by atoms with Crippen molar-refractivity contribution in [2.45, 2.75) is 18.6 Å². The number of nitrogens with zero attached hydrogens (tertiary/aromatic N) is 2. The number of ether oxygens (including phenoxy) is 2. The first kappa shape index (κ1) is 26.1. The fraction of sp³-hybridized carbons (Fsp3) is 0.391. The molecule has 0 spiro atoms. The summed E-state index contributed by atoms with van der Waals surface area (Å²) in [6.07, 6.45) is 6.31. The second-order valence-corrected chi connectivity index (χ2v) is 9.11. The van der Waals surface area contributed by atoms with Gasteiger partial charge >= 0.3 is 12.2 Å². The van der Waals surface area contributed by atoms with Crippen LogP contribution in [0.1, 0.15) is 23.6 Å². The van der Waals surface area contributed by atoms with Gasteiger partial charge in [0.05, 0.1) is 24.9 Å². The third-order valence-electron chi connectivity index (χ3n) is 4.78. The van der Waals surface area contributed by atoms with Gasteiger partial charge in [-0.2, -0.15) is 8.42 Å². The van der Waals surface area contributed by atoms with E-state index in [0.717, 1.165) is 17.4 Å². The molecule has 1 aliphatic rings. The minimum Gasteiger partial charge on any atom is -0.445 e. The van der Waals surface area contributed by atoms with Gasteiger partial charge in [-0.15, -0.1) is 0 Å². The van der Waals surface area contributed by atoms with E-state index in [-0.39, 0.29) is 19.8 Å². The van der Waals surface area contributed by atoms with E-state index in [4.69, 9.17) is 13.7 Å². The summed E-state index contributed by atoms with van der Waals surface area (Å²) in [6, 6.07) is 7.09. The standard InChI is InChI=1S/C23H30N2O7S/c1-5-14-30-22(26)24(3)13-7-8-18-9-11-19(12-10-18)21-16-20(32-33(4,28)29)17-25(21)23(27)31-15-6-2/h5-12,20-21H,1-2,13-17H2,3-4H3/t20-,21-/m1/s1. The van der Waals surface area contributed by atoms with Crippen LogP contribution < -0.4 is 0 Å². The Labute approximate surface area is 195 Å². The molecule has 33 heavy (non-hydrogen) atoms. The maximum atomic E-state index is 12.5. The van der Waals surface area contributed by atoms with E-state index >= 15 is 0 Å². The van der Waals surface area contributed by atoms with Gasteiger partial charge in [-0.25, -0.2) is 9.59 Å². The average Bonchev–Trinajstić information content (AvgIpc) is 3.18. The van der Waals surface area contributed by atoms with Crippen LogP contribution in [0.3, 0.4) is 0 Å². The maximum absolute atomic E-state index is 12.5. The third-order valence-corrected chi connectivity index (χ3v) is 5.40. The molecule has 1 aromatic rings. The van der Waals surface area contributed by atoms with Crippen molar-refractivity contribution >= 4 is 28.4 Å². The molecule has 1 saturated heterocycles. The Morgan fingerprint density at radius 1 is 1.15 bits per heavy atom. The van der Waals surface area contributed by atoms with E-state index in [0.29, 0.717) is 13.0 Å². The molecule has 0 saturated carbocycles. The van der Waals surface area contributed by atoms with Crippen molar-refractivity contribution in [3.63, 3.8) is 0 Å². The number of hydrogen-bond donors (Lipinski definition) is 0. The predicted octanol–water partition coefficient (Wildman–Crippen LogP) is 3.37. The first-order valence-electron chi connectivity index (χ1n) is 10.3. The topological polar surface area (TPSA) is 102 Å². The van der Waals surface area contributed by atoms with Gasteiger partial charge in [0.15, 0.2) is 0 Å². The fourth-order valence-electron chi connectivity index (χ4n) is 3.34. The van der Waals surface area contributed by atoms with E-state index in [9.17, 15) is 18.0 Å². The van der Waals surface area contributed by atoms with Crippen molar-refractivity contribution in [3.05, 3.63) is 66.8 Å². The number of likely N-dealkylation sites (N-methyl/N-ethyl adjacent to an activating group) is 1. The van der Waals surface area contributed by atoms with Crippen molar-refractivity contribution < 1.29 is 31.7 Å². The van der Waals surface area contributed by atoms with Gasteiger partial charge in [0.2, 0.25) is 0 Å². The van der Waals surface area contributed by atoms with Gasteiger partial charge in [-0.1, -0.05) is 61.7 Å². The molecule has 0 radical (unpaired) electrons. The quantitative estimate of drug-likeness (QED) is 0.375. The smallest absolute Gasteiger partial charge is 0.410 e. The first-order chi connectivity index (χ1) is 15.6. The van der Waals surface area contributed by atoms with Crippen LogP contribution >= 0.6 is 0 Å². The molecular weight excluding hydrogens is 448 g/mol. The number of likely N-dealkylation sites (tertiary alicyclic amines) is 1. The Morgan fingerprint density at radius 2 is 1.79 bits per heavy atom. The summed E-state index contributed by atoms with van der Waals surface area (Å²) in [5.74, 6) is 0. The molecule has 1 heterocycles. The van der Waals surface area contributed by atoms with E-state index in [1.54, 1.807) is 7.05 Å². The second-order valence-electron chi connectivity index (χ2n) is 7.51. The van der Waals surface area contributed by atoms with Gasteiger partial charge in [0.1, 0.15) is 13.2 Å². The number of amides is 2. The van der Waals surface area contributed by atoms with Crippen LogP contribution in [0.2, 0.25) is 0 Å². The van der Waals surface area contributed by atoms with Crippen molar-refractivity contribution in [3.8, 4) is 0 Å². The summed E-state index contributed by atoms with van der Waals surface area (Å²) in [5, 5.41) is 0. The summed E-state index contributed by atoms with van der Waals surface area (Å²) >= 11 is 0. The zero-order valence-electron chi connectivity index (χ0n) is 18.9. The summed E-state index contributed by atoms with van der Waals surface area (Å²) in [4.78, 5) is 27.1. The van der Waals surface area contributed by atoms with Crippen molar-refractivity contribution in [2.24, 2.45) is 0 Å². The molecule has 2 amide bonds. The van der Waals surface area contributed by atoms with E-state index < -0.39 is 34.5 Å². The molecule has 180 valence electrons. The predicted molar refractivity (Wildman–Crippen MR) is 125 cm³/mol. The number of carbonyl (C=O) groups excluding carboxylic acids is 2.